The fourth-order valence-corrected chi connectivity index (χ4v) is 4.06. The molecule has 31 heavy (non-hydrogen) atoms. The second-order valence-electron chi connectivity index (χ2n) is 7.01. The van der Waals surface area contributed by atoms with Crippen molar-refractivity contribution in [3.05, 3.63) is 65.6 Å². The zero-order valence-corrected chi connectivity index (χ0v) is 18.4. The summed E-state index contributed by atoms with van der Waals surface area (Å²) < 4.78 is 7.04. The van der Waals surface area contributed by atoms with E-state index in [0.29, 0.717) is 22.9 Å². The molecular weight excluding hydrogens is 412 g/mol. The van der Waals surface area contributed by atoms with Gasteiger partial charge in [0.1, 0.15) is 17.1 Å². The van der Waals surface area contributed by atoms with Crippen molar-refractivity contribution in [2.24, 2.45) is 0 Å². The Labute approximate surface area is 184 Å². The molecule has 2 heterocycles. The molecule has 0 saturated heterocycles. The van der Waals surface area contributed by atoms with Crippen molar-refractivity contribution in [3.63, 3.8) is 0 Å². The molecule has 0 bridgehead atoms. The highest BCUT2D eigenvalue weighted by atomic mass is 32.2. The summed E-state index contributed by atoms with van der Waals surface area (Å²) >= 11 is 1.57. The van der Waals surface area contributed by atoms with Crippen LogP contribution in [0.25, 0.3) is 5.78 Å². The first-order valence-corrected chi connectivity index (χ1v) is 10.4. The highest BCUT2D eigenvalue weighted by molar-refractivity contribution is 7.99. The zero-order chi connectivity index (χ0) is 22.0. The monoisotopic (exact) mass is 434 g/mol. The molecule has 4 rings (SSSR count). The van der Waals surface area contributed by atoms with Gasteiger partial charge in [-0.1, -0.05) is 17.8 Å². The molecule has 0 unspecified atom stereocenters. The number of anilines is 2. The van der Waals surface area contributed by atoms with Crippen LogP contribution in [0, 0.1) is 20.8 Å². The highest BCUT2D eigenvalue weighted by Gasteiger charge is 2.13. The van der Waals surface area contributed by atoms with Gasteiger partial charge in [-0.15, -0.1) is 0 Å². The van der Waals surface area contributed by atoms with Crippen LogP contribution in [0.5, 0.6) is 5.75 Å². The van der Waals surface area contributed by atoms with Gasteiger partial charge in [0, 0.05) is 21.8 Å². The number of methoxy groups -OCH3 is 1. The van der Waals surface area contributed by atoms with Crippen molar-refractivity contribution in [1.82, 2.24) is 19.6 Å². The average Bonchev–Trinajstić information content (AvgIpc) is 3.21. The Morgan fingerprint density at radius 2 is 1.84 bits per heavy atom. The number of nitrogens with zero attached hydrogens (tertiary/aromatic N) is 4. The van der Waals surface area contributed by atoms with E-state index < -0.39 is 0 Å². The van der Waals surface area contributed by atoms with Crippen molar-refractivity contribution in [1.29, 1.82) is 0 Å². The number of ether oxygens (including phenoxy) is 1. The molecule has 8 nitrogen and oxygen atoms in total. The maximum atomic E-state index is 12.4. The number of carbonyl (C=O) groups excluding carboxylic acids is 1. The third-order valence-corrected chi connectivity index (χ3v) is 5.96. The second-order valence-corrected chi connectivity index (χ2v) is 8.07. The van der Waals surface area contributed by atoms with E-state index in [-0.39, 0.29) is 6.03 Å². The molecule has 2 aromatic heterocycles. The topological polar surface area (TPSA) is 93.4 Å². The van der Waals surface area contributed by atoms with Gasteiger partial charge in [-0.3, -0.25) is 0 Å². The van der Waals surface area contributed by atoms with E-state index in [2.05, 4.69) is 25.7 Å². The number of fused-ring (bicyclic) bond motifs is 1. The number of nitrogens with one attached hydrogen (secondary N) is 2. The lowest BCUT2D eigenvalue weighted by molar-refractivity contribution is 0.262. The summed E-state index contributed by atoms with van der Waals surface area (Å²) in [5.74, 6) is 1.18. The van der Waals surface area contributed by atoms with Crippen LogP contribution in [0.4, 0.5) is 16.2 Å². The van der Waals surface area contributed by atoms with E-state index >= 15 is 0 Å². The maximum absolute atomic E-state index is 12.4. The van der Waals surface area contributed by atoms with Crippen molar-refractivity contribution in [2.75, 3.05) is 17.7 Å². The predicted molar refractivity (Wildman–Crippen MR) is 121 cm³/mol. The lowest BCUT2D eigenvalue weighted by atomic mass is 10.2. The van der Waals surface area contributed by atoms with Crippen LogP contribution in [-0.4, -0.2) is 32.7 Å². The molecule has 0 aliphatic heterocycles. The predicted octanol–water partition coefficient (Wildman–Crippen LogP) is 4.85. The Hall–Kier alpha value is -3.59. The zero-order valence-electron chi connectivity index (χ0n) is 17.6. The molecule has 0 spiro atoms. The van der Waals surface area contributed by atoms with E-state index in [0.717, 1.165) is 26.7 Å². The maximum Gasteiger partial charge on any atom is 0.323 e. The number of urea groups is 1. The van der Waals surface area contributed by atoms with E-state index in [1.807, 2.05) is 63.2 Å². The van der Waals surface area contributed by atoms with E-state index in [4.69, 9.17) is 4.74 Å². The standard InChI is InChI=1S/C22H22N6O2S/c1-13-5-10-19(30-4)18(11-13)27-22(29)26-16-6-8-17(9-7-16)31-20-14(2)15(3)25-21-23-12-24-28(20)21/h5-12H,1-4H3,(H2,26,27,29). The van der Waals surface area contributed by atoms with Crippen LogP contribution in [0.3, 0.4) is 0 Å². The van der Waals surface area contributed by atoms with Crippen molar-refractivity contribution >= 4 is 34.9 Å². The number of hydrogen-bond acceptors (Lipinski definition) is 6. The molecule has 4 aromatic rings. The molecule has 0 aliphatic carbocycles. The van der Waals surface area contributed by atoms with E-state index in [9.17, 15) is 4.79 Å². The molecule has 158 valence electrons. The van der Waals surface area contributed by atoms with Crippen LogP contribution >= 0.6 is 11.8 Å². The van der Waals surface area contributed by atoms with Crippen molar-refractivity contribution in [2.45, 2.75) is 30.7 Å². The normalized spacial score (nSPS) is 10.8. The van der Waals surface area contributed by atoms with Gasteiger partial charge < -0.3 is 15.4 Å². The Balaban J connectivity index is 1.47. The SMILES string of the molecule is COc1ccc(C)cc1NC(=O)Nc1ccc(Sc2c(C)c(C)nc3ncnn23)cc1. The number of aromatic nitrogens is 4. The minimum atomic E-state index is -0.339. The fourth-order valence-electron chi connectivity index (χ4n) is 3.04. The Kier molecular flexibility index (Phi) is 5.77. The van der Waals surface area contributed by atoms with Gasteiger partial charge in [0.25, 0.3) is 5.78 Å². The molecule has 2 aromatic carbocycles. The average molecular weight is 435 g/mol. The first kappa shape index (κ1) is 20.7. The highest BCUT2D eigenvalue weighted by Crippen LogP contribution is 2.32. The van der Waals surface area contributed by atoms with Crippen molar-refractivity contribution < 1.29 is 9.53 Å². The molecule has 0 atom stereocenters. The summed E-state index contributed by atoms with van der Waals surface area (Å²) in [6.45, 7) is 5.94. The second kappa shape index (κ2) is 8.65. The number of amides is 2. The summed E-state index contributed by atoms with van der Waals surface area (Å²) in [5.41, 5.74) is 4.30. The largest absolute Gasteiger partial charge is 0.495 e. The minimum Gasteiger partial charge on any atom is -0.495 e. The fraction of sp³-hybridized carbons (Fsp3) is 0.182. The number of aryl methyl sites for hydroxylation is 2. The summed E-state index contributed by atoms with van der Waals surface area (Å²) in [7, 11) is 1.57. The number of benzene rings is 2. The van der Waals surface area contributed by atoms with Crippen LogP contribution in [0.2, 0.25) is 0 Å². The lowest BCUT2D eigenvalue weighted by Crippen LogP contribution is -2.19. The summed E-state index contributed by atoms with van der Waals surface area (Å²) in [6.07, 6.45) is 1.50. The smallest absolute Gasteiger partial charge is 0.323 e. The van der Waals surface area contributed by atoms with Gasteiger partial charge in [-0.2, -0.15) is 14.6 Å². The minimum absolute atomic E-state index is 0.339. The van der Waals surface area contributed by atoms with Crippen LogP contribution in [-0.2, 0) is 0 Å². The molecule has 0 fully saturated rings. The van der Waals surface area contributed by atoms with Crippen LogP contribution < -0.4 is 15.4 Å². The van der Waals surface area contributed by atoms with Gasteiger partial charge in [0.05, 0.1) is 12.8 Å². The van der Waals surface area contributed by atoms with E-state index in [1.54, 1.807) is 23.4 Å². The van der Waals surface area contributed by atoms with Gasteiger partial charge in [-0.25, -0.2) is 9.78 Å². The molecular formula is C22H22N6O2S. The Bertz CT molecular complexity index is 1250. The van der Waals surface area contributed by atoms with Crippen LogP contribution in [0.1, 0.15) is 16.8 Å². The van der Waals surface area contributed by atoms with Gasteiger partial charge >= 0.3 is 6.03 Å². The van der Waals surface area contributed by atoms with Gasteiger partial charge in [0.15, 0.2) is 0 Å². The number of carbonyl (C=O) groups is 1. The number of rotatable bonds is 5. The van der Waals surface area contributed by atoms with Gasteiger partial charge in [-0.05, 0) is 62.7 Å². The molecule has 9 heteroatoms. The quantitative estimate of drug-likeness (QED) is 0.436. The lowest BCUT2D eigenvalue weighted by Gasteiger charge is -2.12. The summed E-state index contributed by atoms with van der Waals surface area (Å²) in [5, 5.41) is 10.9. The molecule has 2 N–H and O–H groups in total. The molecule has 2 amide bonds. The summed E-state index contributed by atoms with van der Waals surface area (Å²) in [6, 6.07) is 12.9. The Morgan fingerprint density at radius 3 is 2.58 bits per heavy atom. The van der Waals surface area contributed by atoms with Gasteiger partial charge in [0.2, 0.25) is 0 Å². The van der Waals surface area contributed by atoms with E-state index in [1.165, 1.54) is 6.33 Å². The summed E-state index contributed by atoms with van der Waals surface area (Å²) in [4.78, 5) is 22.1. The molecule has 0 saturated carbocycles. The van der Waals surface area contributed by atoms with Crippen molar-refractivity contribution in [3.8, 4) is 5.75 Å². The van der Waals surface area contributed by atoms with Crippen LogP contribution in [0.15, 0.2) is 58.7 Å². The molecule has 0 aliphatic rings. The molecule has 0 radical (unpaired) electrons. The third kappa shape index (κ3) is 4.46. The first-order valence-electron chi connectivity index (χ1n) is 9.62. The first-order chi connectivity index (χ1) is 14.9. The third-order valence-electron chi connectivity index (χ3n) is 4.78. The number of hydrogen-bond donors (Lipinski definition) is 2. The Morgan fingerprint density at radius 1 is 1.06 bits per heavy atom.